The van der Waals surface area contributed by atoms with Gasteiger partial charge in [0.2, 0.25) is 0 Å². The van der Waals surface area contributed by atoms with Crippen molar-refractivity contribution in [1.82, 2.24) is 4.57 Å². The fourth-order valence-corrected chi connectivity index (χ4v) is 2.30. The molecule has 4 nitrogen and oxygen atoms in total. The Kier molecular flexibility index (Phi) is 3.50. The quantitative estimate of drug-likeness (QED) is 0.735. The first kappa shape index (κ1) is 14.1. The van der Waals surface area contributed by atoms with Crippen LogP contribution in [0.3, 0.4) is 0 Å². The van der Waals surface area contributed by atoms with Gasteiger partial charge < -0.3 is 15.2 Å². The van der Waals surface area contributed by atoms with Crippen LogP contribution >= 0.6 is 0 Å². The number of carbonyl (C=O) groups is 1. The number of fused-ring (bicyclic) bond motifs is 1. The van der Waals surface area contributed by atoms with Crippen LogP contribution in [0.1, 0.15) is 0 Å². The number of hydrogen-bond donors (Lipinski definition) is 2. The molecule has 0 fully saturated rings. The van der Waals surface area contributed by atoms with Crippen molar-refractivity contribution in [2.24, 2.45) is 7.05 Å². The van der Waals surface area contributed by atoms with E-state index in [0.29, 0.717) is 5.69 Å². The van der Waals surface area contributed by atoms with Crippen molar-refractivity contribution >= 4 is 28.3 Å². The van der Waals surface area contributed by atoms with E-state index in [1.807, 2.05) is 35.9 Å². The first-order valence-electron chi connectivity index (χ1n) is 6.62. The summed E-state index contributed by atoms with van der Waals surface area (Å²) in [5, 5.41) is 6.06. The number of anilines is 2. The van der Waals surface area contributed by atoms with Crippen molar-refractivity contribution < 1.29 is 13.6 Å². The number of halogens is 2. The molecule has 0 bridgehead atoms. The van der Waals surface area contributed by atoms with Crippen LogP contribution in [0.4, 0.5) is 25.0 Å². The summed E-state index contributed by atoms with van der Waals surface area (Å²) in [7, 11) is 1.88. The summed E-state index contributed by atoms with van der Waals surface area (Å²) in [5.74, 6) is -1.97. The molecule has 6 heteroatoms. The van der Waals surface area contributed by atoms with Crippen molar-refractivity contribution in [3.05, 3.63) is 60.3 Å². The van der Waals surface area contributed by atoms with Gasteiger partial charge in [-0.05, 0) is 18.2 Å². The number of amides is 2. The fraction of sp³-hybridized carbons (Fsp3) is 0.0625. The predicted molar refractivity (Wildman–Crippen MR) is 81.9 cm³/mol. The Balaban J connectivity index is 1.80. The minimum Gasteiger partial charge on any atom is -0.348 e. The predicted octanol–water partition coefficient (Wildman–Crippen LogP) is 4.10. The van der Waals surface area contributed by atoms with Gasteiger partial charge in [-0.25, -0.2) is 13.6 Å². The van der Waals surface area contributed by atoms with Gasteiger partial charge in [-0.3, -0.25) is 0 Å². The van der Waals surface area contributed by atoms with Gasteiger partial charge in [0.1, 0.15) is 0 Å². The lowest BCUT2D eigenvalue weighted by Crippen LogP contribution is -2.19. The van der Waals surface area contributed by atoms with E-state index < -0.39 is 17.7 Å². The average molecular weight is 301 g/mol. The van der Waals surface area contributed by atoms with Gasteiger partial charge in [0.15, 0.2) is 11.6 Å². The highest BCUT2D eigenvalue weighted by atomic mass is 19.2. The fourth-order valence-electron chi connectivity index (χ4n) is 2.30. The van der Waals surface area contributed by atoms with Gasteiger partial charge in [-0.2, -0.15) is 0 Å². The number of rotatable bonds is 2. The number of urea groups is 1. The van der Waals surface area contributed by atoms with Gasteiger partial charge in [0.25, 0.3) is 0 Å². The molecule has 0 saturated carbocycles. The Morgan fingerprint density at radius 1 is 1.05 bits per heavy atom. The van der Waals surface area contributed by atoms with Gasteiger partial charge in [0, 0.05) is 35.9 Å². The van der Waals surface area contributed by atoms with Gasteiger partial charge in [0.05, 0.1) is 5.69 Å². The molecule has 0 unspecified atom stereocenters. The highest BCUT2D eigenvalue weighted by Gasteiger charge is 2.10. The summed E-state index contributed by atoms with van der Waals surface area (Å²) in [6.07, 6.45) is 1.79. The molecule has 22 heavy (non-hydrogen) atoms. The monoisotopic (exact) mass is 301 g/mol. The second-order valence-electron chi connectivity index (χ2n) is 4.88. The van der Waals surface area contributed by atoms with Crippen molar-refractivity contribution in [3.63, 3.8) is 0 Å². The molecule has 0 aliphatic carbocycles. The van der Waals surface area contributed by atoms with E-state index in [-0.39, 0.29) is 5.69 Å². The Bertz CT molecular complexity index is 858. The second-order valence-corrected chi connectivity index (χ2v) is 4.88. The maximum atomic E-state index is 13.1. The summed E-state index contributed by atoms with van der Waals surface area (Å²) in [6, 6.07) is 10.3. The standard InChI is InChI=1S/C16H13F2N3O/c1-21-9-14(11-4-2-3-5-15(11)21)20-16(22)19-10-6-7-12(17)13(18)8-10/h2-9H,1H3,(H2,19,20,22). The Labute approximate surface area is 125 Å². The molecular formula is C16H13F2N3O. The maximum Gasteiger partial charge on any atom is 0.323 e. The lowest BCUT2D eigenvalue weighted by Gasteiger charge is -2.07. The van der Waals surface area contributed by atoms with Crippen molar-refractivity contribution in [1.29, 1.82) is 0 Å². The first-order valence-corrected chi connectivity index (χ1v) is 6.62. The van der Waals surface area contributed by atoms with E-state index in [2.05, 4.69) is 10.6 Å². The molecule has 0 saturated heterocycles. The van der Waals surface area contributed by atoms with E-state index in [1.165, 1.54) is 6.07 Å². The highest BCUT2D eigenvalue weighted by Crippen LogP contribution is 2.25. The molecular weight excluding hydrogens is 288 g/mol. The summed E-state index contributed by atoms with van der Waals surface area (Å²) >= 11 is 0. The van der Waals surface area contributed by atoms with Crippen molar-refractivity contribution in [3.8, 4) is 0 Å². The number of aromatic nitrogens is 1. The first-order chi connectivity index (χ1) is 10.5. The van der Waals surface area contributed by atoms with Crippen LogP contribution in [0.15, 0.2) is 48.7 Å². The third kappa shape index (κ3) is 2.63. The van der Waals surface area contributed by atoms with Crippen molar-refractivity contribution in [2.45, 2.75) is 0 Å². The minimum atomic E-state index is -1.01. The van der Waals surface area contributed by atoms with Crippen LogP contribution in [-0.4, -0.2) is 10.6 Å². The lowest BCUT2D eigenvalue weighted by molar-refractivity contribution is 0.262. The van der Waals surface area contributed by atoms with Crippen LogP contribution in [0.2, 0.25) is 0 Å². The molecule has 0 spiro atoms. The number of hydrogen-bond acceptors (Lipinski definition) is 1. The molecule has 0 radical (unpaired) electrons. The van der Waals surface area contributed by atoms with Crippen LogP contribution in [-0.2, 0) is 7.05 Å². The normalized spacial score (nSPS) is 10.7. The van der Waals surface area contributed by atoms with Crippen molar-refractivity contribution in [2.75, 3.05) is 10.6 Å². The third-order valence-corrected chi connectivity index (χ3v) is 3.32. The average Bonchev–Trinajstić information content (AvgIpc) is 2.80. The zero-order valence-corrected chi connectivity index (χ0v) is 11.7. The SMILES string of the molecule is Cn1cc(NC(=O)Nc2ccc(F)c(F)c2)c2ccccc21. The zero-order chi connectivity index (χ0) is 15.7. The molecule has 2 aromatic carbocycles. The number of aryl methyl sites for hydroxylation is 1. The number of nitrogens with zero attached hydrogens (tertiary/aromatic N) is 1. The van der Waals surface area contributed by atoms with E-state index >= 15 is 0 Å². The Hall–Kier alpha value is -2.89. The molecule has 3 aromatic rings. The molecule has 0 aliphatic rings. The number of benzene rings is 2. The lowest BCUT2D eigenvalue weighted by atomic mass is 10.2. The highest BCUT2D eigenvalue weighted by molar-refractivity contribution is 6.06. The van der Waals surface area contributed by atoms with Crippen LogP contribution in [0.5, 0.6) is 0 Å². The minimum absolute atomic E-state index is 0.177. The number of para-hydroxylation sites is 1. The molecule has 1 heterocycles. The van der Waals surface area contributed by atoms with Gasteiger partial charge >= 0.3 is 6.03 Å². The molecule has 1 aromatic heterocycles. The zero-order valence-electron chi connectivity index (χ0n) is 11.7. The van der Waals surface area contributed by atoms with Gasteiger partial charge in [-0.15, -0.1) is 0 Å². The van der Waals surface area contributed by atoms with Crippen LogP contribution < -0.4 is 10.6 Å². The smallest absolute Gasteiger partial charge is 0.323 e. The van der Waals surface area contributed by atoms with Crippen LogP contribution in [0.25, 0.3) is 10.9 Å². The third-order valence-electron chi connectivity index (χ3n) is 3.32. The van der Waals surface area contributed by atoms with E-state index in [4.69, 9.17) is 0 Å². The molecule has 0 aliphatic heterocycles. The topological polar surface area (TPSA) is 46.1 Å². The Morgan fingerprint density at radius 2 is 1.82 bits per heavy atom. The summed E-state index contributed by atoms with van der Waals surface area (Å²) in [6.45, 7) is 0. The molecule has 2 N–H and O–H groups in total. The van der Waals surface area contributed by atoms with E-state index in [1.54, 1.807) is 6.20 Å². The molecule has 112 valence electrons. The molecule has 2 amide bonds. The second kappa shape index (κ2) is 5.48. The molecule has 0 atom stereocenters. The number of nitrogens with one attached hydrogen (secondary N) is 2. The maximum absolute atomic E-state index is 13.1. The Morgan fingerprint density at radius 3 is 2.59 bits per heavy atom. The summed E-state index contributed by atoms with van der Waals surface area (Å²) in [4.78, 5) is 12.0. The summed E-state index contributed by atoms with van der Waals surface area (Å²) in [5.41, 5.74) is 1.79. The largest absolute Gasteiger partial charge is 0.348 e. The van der Waals surface area contributed by atoms with E-state index in [0.717, 1.165) is 23.0 Å². The van der Waals surface area contributed by atoms with Gasteiger partial charge in [-0.1, -0.05) is 18.2 Å². The summed E-state index contributed by atoms with van der Waals surface area (Å²) < 4.78 is 27.9. The number of carbonyl (C=O) groups excluding carboxylic acids is 1. The van der Waals surface area contributed by atoms with E-state index in [9.17, 15) is 13.6 Å². The van der Waals surface area contributed by atoms with Crippen LogP contribution in [0, 0.1) is 11.6 Å². The molecule has 3 rings (SSSR count).